The van der Waals surface area contributed by atoms with E-state index in [9.17, 15) is 0 Å². The van der Waals surface area contributed by atoms with Crippen molar-refractivity contribution in [1.82, 2.24) is 14.5 Å². The molecule has 1 aromatic carbocycles. The lowest BCUT2D eigenvalue weighted by atomic mass is 10.1. The Bertz CT molecular complexity index is 754. The third-order valence-electron chi connectivity index (χ3n) is 3.43. The van der Waals surface area contributed by atoms with E-state index in [4.69, 9.17) is 10.2 Å². The third-order valence-corrected chi connectivity index (χ3v) is 3.43. The second-order valence-corrected chi connectivity index (χ2v) is 4.64. The Morgan fingerprint density at radius 3 is 2.74 bits per heavy atom. The fraction of sp³-hybridized carbons (Fsp3) is 0.286. The molecule has 0 spiro atoms. The molecule has 0 amide bonds. The molecule has 2 N–H and O–H groups in total. The van der Waals surface area contributed by atoms with Crippen molar-refractivity contribution in [3.8, 4) is 11.3 Å². The maximum absolute atomic E-state index is 5.69. The zero-order valence-electron chi connectivity index (χ0n) is 11.3. The van der Waals surface area contributed by atoms with Crippen molar-refractivity contribution in [1.29, 1.82) is 0 Å². The molecule has 0 aliphatic carbocycles. The van der Waals surface area contributed by atoms with Crippen LogP contribution in [-0.4, -0.2) is 14.5 Å². The van der Waals surface area contributed by atoms with Gasteiger partial charge in [-0.1, -0.05) is 6.07 Å². The van der Waals surface area contributed by atoms with Gasteiger partial charge in [0.2, 0.25) is 0 Å². The highest BCUT2D eigenvalue weighted by Crippen LogP contribution is 2.27. The van der Waals surface area contributed by atoms with Gasteiger partial charge in [0.25, 0.3) is 0 Å². The molecule has 0 aliphatic heterocycles. The van der Waals surface area contributed by atoms with Crippen molar-refractivity contribution in [2.24, 2.45) is 12.8 Å². The van der Waals surface area contributed by atoms with E-state index in [1.807, 2.05) is 43.7 Å². The molecular formula is C14H16N4O. The van der Waals surface area contributed by atoms with Crippen molar-refractivity contribution in [2.75, 3.05) is 0 Å². The van der Waals surface area contributed by atoms with Gasteiger partial charge in [0.1, 0.15) is 11.3 Å². The number of benzene rings is 1. The average Bonchev–Trinajstić information content (AvgIpc) is 2.90. The highest BCUT2D eigenvalue weighted by atomic mass is 16.3. The van der Waals surface area contributed by atoms with Crippen LogP contribution in [0.2, 0.25) is 0 Å². The van der Waals surface area contributed by atoms with Crippen LogP contribution >= 0.6 is 0 Å². The van der Waals surface area contributed by atoms with Crippen molar-refractivity contribution in [2.45, 2.75) is 20.4 Å². The Morgan fingerprint density at radius 2 is 2.05 bits per heavy atom. The minimum absolute atomic E-state index is 0.432. The van der Waals surface area contributed by atoms with E-state index in [1.54, 1.807) is 0 Å². The topological polar surface area (TPSA) is 69.9 Å². The quantitative estimate of drug-likeness (QED) is 0.763. The number of oxazole rings is 1. The Balaban J connectivity index is 2.18. The van der Waals surface area contributed by atoms with Gasteiger partial charge in [-0.05, 0) is 19.1 Å². The Hall–Kier alpha value is -2.14. The van der Waals surface area contributed by atoms with Gasteiger partial charge in [-0.2, -0.15) is 0 Å². The molecule has 19 heavy (non-hydrogen) atoms. The van der Waals surface area contributed by atoms with Crippen LogP contribution in [0.4, 0.5) is 0 Å². The summed E-state index contributed by atoms with van der Waals surface area (Å²) in [6, 6.07) is 5.95. The summed E-state index contributed by atoms with van der Waals surface area (Å²) in [7, 11) is 1.98. The van der Waals surface area contributed by atoms with Crippen LogP contribution in [0, 0.1) is 13.8 Å². The maximum Gasteiger partial charge on any atom is 0.192 e. The standard InChI is InChI=1S/C14H16N4O/c1-8-14(17-13(7-15)18(8)3)10-4-5-11-12(6-10)19-9(2)16-11/h4-6H,7,15H2,1-3H3. The summed E-state index contributed by atoms with van der Waals surface area (Å²) < 4.78 is 7.58. The van der Waals surface area contributed by atoms with Crippen molar-refractivity contribution in [3.05, 3.63) is 35.6 Å². The number of aryl methyl sites for hydroxylation is 1. The summed E-state index contributed by atoms with van der Waals surface area (Å²) in [6.45, 7) is 4.32. The minimum Gasteiger partial charge on any atom is -0.441 e. The summed E-state index contributed by atoms with van der Waals surface area (Å²) in [5.41, 5.74) is 10.4. The lowest BCUT2D eigenvalue weighted by molar-refractivity contribution is 0.561. The number of nitrogens with two attached hydrogens (primary N) is 1. The van der Waals surface area contributed by atoms with E-state index < -0.39 is 0 Å². The molecule has 0 radical (unpaired) electrons. The van der Waals surface area contributed by atoms with E-state index in [0.29, 0.717) is 12.4 Å². The molecule has 0 saturated heterocycles. The summed E-state index contributed by atoms with van der Waals surface area (Å²) in [5.74, 6) is 1.55. The summed E-state index contributed by atoms with van der Waals surface area (Å²) in [6.07, 6.45) is 0. The van der Waals surface area contributed by atoms with Gasteiger partial charge in [-0.15, -0.1) is 0 Å². The molecule has 0 unspecified atom stereocenters. The van der Waals surface area contributed by atoms with Crippen molar-refractivity contribution < 1.29 is 4.42 Å². The third kappa shape index (κ3) is 1.82. The Morgan fingerprint density at radius 1 is 1.26 bits per heavy atom. The second-order valence-electron chi connectivity index (χ2n) is 4.64. The van der Waals surface area contributed by atoms with Crippen molar-refractivity contribution in [3.63, 3.8) is 0 Å². The normalized spacial score (nSPS) is 11.4. The molecule has 98 valence electrons. The lowest BCUT2D eigenvalue weighted by Crippen LogP contribution is -2.05. The van der Waals surface area contributed by atoms with Crippen LogP contribution in [0.15, 0.2) is 22.6 Å². The number of imidazole rings is 1. The Labute approximate surface area is 111 Å². The first-order valence-corrected chi connectivity index (χ1v) is 6.20. The van der Waals surface area contributed by atoms with Gasteiger partial charge < -0.3 is 14.7 Å². The first kappa shape index (κ1) is 11.9. The first-order chi connectivity index (χ1) is 9.10. The minimum atomic E-state index is 0.432. The molecule has 0 saturated carbocycles. The molecule has 3 rings (SSSR count). The zero-order chi connectivity index (χ0) is 13.6. The highest BCUT2D eigenvalue weighted by Gasteiger charge is 2.13. The van der Waals surface area contributed by atoms with E-state index in [0.717, 1.165) is 33.9 Å². The largest absolute Gasteiger partial charge is 0.441 e. The first-order valence-electron chi connectivity index (χ1n) is 6.20. The number of hydrogen-bond donors (Lipinski definition) is 1. The summed E-state index contributed by atoms with van der Waals surface area (Å²) in [4.78, 5) is 8.88. The van der Waals surface area contributed by atoms with Crippen LogP contribution in [0.25, 0.3) is 22.4 Å². The van der Waals surface area contributed by atoms with Crippen LogP contribution < -0.4 is 5.73 Å². The van der Waals surface area contributed by atoms with E-state index in [1.165, 1.54) is 0 Å². The van der Waals surface area contributed by atoms with E-state index in [-0.39, 0.29) is 0 Å². The van der Waals surface area contributed by atoms with Gasteiger partial charge in [0.15, 0.2) is 11.5 Å². The Kier molecular flexibility index (Phi) is 2.64. The molecule has 0 aliphatic rings. The fourth-order valence-electron chi connectivity index (χ4n) is 2.28. The molecule has 0 atom stereocenters. The van der Waals surface area contributed by atoms with Gasteiger partial charge in [-0.25, -0.2) is 9.97 Å². The SMILES string of the molecule is Cc1nc2ccc(-c3nc(CN)n(C)c3C)cc2o1. The molecular weight excluding hydrogens is 240 g/mol. The number of nitrogens with zero attached hydrogens (tertiary/aromatic N) is 3. The second kappa shape index (κ2) is 4.20. The van der Waals surface area contributed by atoms with Gasteiger partial charge >= 0.3 is 0 Å². The van der Waals surface area contributed by atoms with E-state index in [2.05, 4.69) is 9.97 Å². The molecule has 2 heterocycles. The summed E-state index contributed by atoms with van der Waals surface area (Å²) in [5, 5.41) is 0. The number of aromatic nitrogens is 3. The number of hydrogen-bond acceptors (Lipinski definition) is 4. The molecule has 5 nitrogen and oxygen atoms in total. The molecule has 0 bridgehead atoms. The molecule has 3 aromatic rings. The van der Waals surface area contributed by atoms with Crippen molar-refractivity contribution >= 4 is 11.1 Å². The fourth-order valence-corrected chi connectivity index (χ4v) is 2.28. The number of fused-ring (bicyclic) bond motifs is 1. The molecule has 5 heteroatoms. The van der Waals surface area contributed by atoms with Crippen LogP contribution in [0.1, 0.15) is 17.4 Å². The van der Waals surface area contributed by atoms with Gasteiger partial charge in [0, 0.05) is 25.2 Å². The van der Waals surface area contributed by atoms with Crippen LogP contribution in [0.3, 0.4) is 0 Å². The summed E-state index contributed by atoms with van der Waals surface area (Å²) >= 11 is 0. The van der Waals surface area contributed by atoms with Gasteiger partial charge in [-0.3, -0.25) is 0 Å². The molecule has 0 fully saturated rings. The van der Waals surface area contributed by atoms with E-state index >= 15 is 0 Å². The maximum atomic E-state index is 5.69. The lowest BCUT2D eigenvalue weighted by Gasteiger charge is -2.00. The highest BCUT2D eigenvalue weighted by molar-refractivity contribution is 5.79. The smallest absolute Gasteiger partial charge is 0.192 e. The number of rotatable bonds is 2. The zero-order valence-corrected chi connectivity index (χ0v) is 11.3. The predicted octanol–water partition coefficient (Wildman–Crippen LogP) is 2.30. The van der Waals surface area contributed by atoms with Gasteiger partial charge in [0.05, 0.1) is 12.2 Å². The predicted molar refractivity (Wildman–Crippen MR) is 73.6 cm³/mol. The monoisotopic (exact) mass is 256 g/mol. The molecule has 2 aromatic heterocycles. The van der Waals surface area contributed by atoms with Crippen LogP contribution in [0.5, 0.6) is 0 Å². The average molecular weight is 256 g/mol. The van der Waals surface area contributed by atoms with Crippen LogP contribution in [-0.2, 0) is 13.6 Å².